The first-order chi connectivity index (χ1) is 15.2. The Labute approximate surface area is 181 Å². The fourth-order valence-corrected chi connectivity index (χ4v) is 4.44. The summed E-state index contributed by atoms with van der Waals surface area (Å²) in [4.78, 5) is 33.1. The maximum absolute atomic E-state index is 13.7. The van der Waals surface area contributed by atoms with E-state index >= 15 is 0 Å². The van der Waals surface area contributed by atoms with Gasteiger partial charge in [-0.3, -0.25) is 9.78 Å². The summed E-state index contributed by atoms with van der Waals surface area (Å²) in [5.41, 5.74) is 1.92. The van der Waals surface area contributed by atoms with E-state index in [2.05, 4.69) is 19.9 Å². The molecule has 0 spiro atoms. The van der Waals surface area contributed by atoms with E-state index in [4.69, 9.17) is 4.74 Å². The van der Waals surface area contributed by atoms with Crippen LogP contribution in [0.3, 0.4) is 0 Å². The van der Waals surface area contributed by atoms with E-state index in [1.54, 1.807) is 30.9 Å². The highest BCUT2D eigenvalue weighted by molar-refractivity contribution is 5.98. The number of hydrogen-bond donors (Lipinski definition) is 0. The van der Waals surface area contributed by atoms with Gasteiger partial charge in [-0.2, -0.15) is 0 Å². The largest absolute Gasteiger partial charge is 0.492 e. The Balaban J connectivity index is 1.37. The van der Waals surface area contributed by atoms with Crippen molar-refractivity contribution >= 4 is 5.91 Å². The summed E-state index contributed by atoms with van der Waals surface area (Å²) in [6.07, 6.45) is 9.83. The maximum Gasteiger partial charge on any atom is 0.273 e. The highest BCUT2D eigenvalue weighted by atomic mass is 16.5. The first kappa shape index (κ1) is 19.6. The average Bonchev–Trinajstić information content (AvgIpc) is 3.58. The van der Waals surface area contributed by atoms with Gasteiger partial charge in [0.05, 0.1) is 18.4 Å². The zero-order valence-corrected chi connectivity index (χ0v) is 17.5. The lowest BCUT2D eigenvalue weighted by Gasteiger charge is -2.35. The molecule has 1 amide bonds. The standard InChI is InChI=1S/C24H25N5O2/c1-16-5-6-21(23-26-9-3-10-27-23)22(28-16)24(30)29-15-18-12-17(18)13-19(29)7-11-31-20-4-2-8-25-14-20/h2-6,8-10,14,17-19H,7,11-13,15H2,1H3/t17-,18?,19-/m1/s1. The molecule has 3 atom stereocenters. The van der Waals surface area contributed by atoms with Gasteiger partial charge in [0.15, 0.2) is 5.82 Å². The van der Waals surface area contributed by atoms with Crippen LogP contribution in [0.4, 0.5) is 0 Å². The fourth-order valence-electron chi connectivity index (χ4n) is 4.44. The predicted octanol–water partition coefficient (Wildman–Crippen LogP) is 3.56. The first-order valence-electron chi connectivity index (χ1n) is 10.8. The number of fused-ring (bicyclic) bond motifs is 1. The van der Waals surface area contributed by atoms with Crippen LogP contribution in [0.2, 0.25) is 0 Å². The Morgan fingerprint density at radius 3 is 2.77 bits per heavy atom. The number of pyridine rings is 2. The lowest BCUT2D eigenvalue weighted by atomic mass is 9.98. The molecule has 1 saturated heterocycles. The summed E-state index contributed by atoms with van der Waals surface area (Å²) in [6.45, 7) is 3.23. The van der Waals surface area contributed by atoms with E-state index in [1.165, 1.54) is 6.42 Å². The molecule has 158 valence electrons. The van der Waals surface area contributed by atoms with Crippen LogP contribution >= 0.6 is 0 Å². The number of aryl methyl sites for hydroxylation is 1. The number of hydrogen-bond acceptors (Lipinski definition) is 6. The molecule has 0 N–H and O–H groups in total. The SMILES string of the molecule is Cc1ccc(-c2ncccn2)c(C(=O)N2CC3C[C@@H]3C[C@H]2CCOc2cccnc2)n1. The molecule has 0 radical (unpaired) electrons. The van der Waals surface area contributed by atoms with Crippen molar-refractivity contribution in [1.82, 2.24) is 24.8 Å². The number of amides is 1. The monoisotopic (exact) mass is 415 g/mol. The van der Waals surface area contributed by atoms with E-state index in [0.717, 1.165) is 36.7 Å². The van der Waals surface area contributed by atoms with Crippen LogP contribution in [0.1, 0.15) is 35.4 Å². The van der Waals surface area contributed by atoms with E-state index in [-0.39, 0.29) is 11.9 Å². The zero-order chi connectivity index (χ0) is 21.2. The number of rotatable bonds is 6. The molecule has 7 heteroatoms. The van der Waals surface area contributed by atoms with Gasteiger partial charge in [0, 0.05) is 43.3 Å². The average molecular weight is 415 g/mol. The van der Waals surface area contributed by atoms with Crippen LogP contribution in [0.5, 0.6) is 5.75 Å². The van der Waals surface area contributed by atoms with Gasteiger partial charge in [0.2, 0.25) is 0 Å². The van der Waals surface area contributed by atoms with Crippen molar-refractivity contribution in [2.45, 2.75) is 32.2 Å². The third kappa shape index (κ3) is 4.26. The summed E-state index contributed by atoms with van der Waals surface area (Å²) < 4.78 is 5.87. The second-order valence-electron chi connectivity index (χ2n) is 8.35. The smallest absolute Gasteiger partial charge is 0.273 e. The van der Waals surface area contributed by atoms with Crippen LogP contribution in [0.15, 0.2) is 55.1 Å². The minimum atomic E-state index is -0.0390. The molecule has 2 fully saturated rings. The summed E-state index contributed by atoms with van der Waals surface area (Å²) in [5.74, 6) is 2.58. The number of likely N-dealkylation sites (tertiary alicyclic amines) is 1. The van der Waals surface area contributed by atoms with Gasteiger partial charge in [0.25, 0.3) is 5.91 Å². The minimum absolute atomic E-state index is 0.0390. The number of carbonyl (C=O) groups excluding carboxylic acids is 1. The molecule has 2 aliphatic rings. The van der Waals surface area contributed by atoms with Crippen molar-refractivity contribution in [2.75, 3.05) is 13.2 Å². The molecule has 7 nitrogen and oxygen atoms in total. The van der Waals surface area contributed by atoms with E-state index in [0.29, 0.717) is 29.6 Å². The molecular formula is C24H25N5O2. The predicted molar refractivity (Wildman–Crippen MR) is 115 cm³/mol. The number of ether oxygens (including phenoxy) is 1. The van der Waals surface area contributed by atoms with Crippen LogP contribution in [0.25, 0.3) is 11.4 Å². The van der Waals surface area contributed by atoms with Crippen molar-refractivity contribution in [2.24, 2.45) is 11.8 Å². The molecular weight excluding hydrogens is 390 g/mol. The van der Waals surface area contributed by atoms with Crippen LogP contribution in [-0.2, 0) is 0 Å². The quantitative estimate of drug-likeness (QED) is 0.612. The summed E-state index contributed by atoms with van der Waals surface area (Å²) >= 11 is 0. The van der Waals surface area contributed by atoms with Gasteiger partial charge in [-0.1, -0.05) is 0 Å². The maximum atomic E-state index is 13.7. The Morgan fingerprint density at radius 1 is 1.10 bits per heavy atom. The normalized spacial score (nSPS) is 22.0. The topological polar surface area (TPSA) is 81.1 Å². The van der Waals surface area contributed by atoms with Crippen molar-refractivity contribution in [1.29, 1.82) is 0 Å². The molecule has 0 aromatic carbocycles. The molecule has 1 aliphatic carbocycles. The Hall–Kier alpha value is -3.35. The number of nitrogens with zero attached hydrogens (tertiary/aromatic N) is 5. The number of aromatic nitrogens is 4. The number of carbonyl (C=O) groups is 1. The second kappa shape index (κ2) is 8.41. The molecule has 1 saturated carbocycles. The van der Waals surface area contributed by atoms with E-state index < -0.39 is 0 Å². The minimum Gasteiger partial charge on any atom is -0.492 e. The summed E-state index contributed by atoms with van der Waals surface area (Å²) in [7, 11) is 0. The number of piperidine rings is 1. The van der Waals surface area contributed by atoms with Crippen molar-refractivity contribution in [3.05, 3.63) is 66.5 Å². The van der Waals surface area contributed by atoms with Gasteiger partial charge in [-0.25, -0.2) is 15.0 Å². The van der Waals surface area contributed by atoms with E-state index in [1.807, 2.05) is 36.1 Å². The van der Waals surface area contributed by atoms with Crippen LogP contribution < -0.4 is 4.74 Å². The lowest BCUT2D eigenvalue weighted by Crippen LogP contribution is -2.46. The third-order valence-corrected chi connectivity index (χ3v) is 6.17. The summed E-state index contributed by atoms with van der Waals surface area (Å²) in [6, 6.07) is 9.46. The summed E-state index contributed by atoms with van der Waals surface area (Å²) in [5, 5.41) is 0. The Kier molecular flexibility index (Phi) is 5.32. The third-order valence-electron chi connectivity index (χ3n) is 6.17. The van der Waals surface area contributed by atoms with Gasteiger partial charge >= 0.3 is 0 Å². The van der Waals surface area contributed by atoms with Crippen molar-refractivity contribution in [3.8, 4) is 17.1 Å². The highest BCUT2D eigenvalue weighted by Crippen LogP contribution is 2.48. The zero-order valence-electron chi connectivity index (χ0n) is 17.5. The van der Waals surface area contributed by atoms with Crippen molar-refractivity contribution < 1.29 is 9.53 Å². The highest BCUT2D eigenvalue weighted by Gasteiger charge is 2.47. The first-order valence-corrected chi connectivity index (χ1v) is 10.8. The van der Waals surface area contributed by atoms with Gasteiger partial charge in [-0.15, -0.1) is 0 Å². The van der Waals surface area contributed by atoms with Crippen molar-refractivity contribution in [3.63, 3.8) is 0 Å². The molecule has 1 aliphatic heterocycles. The second-order valence-corrected chi connectivity index (χ2v) is 8.35. The molecule has 0 bridgehead atoms. The fraction of sp³-hybridized carbons (Fsp3) is 0.375. The molecule has 3 aromatic rings. The van der Waals surface area contributed by atoms with Crippen LogP contribution in [0, 0.1) is 18.8 Å². The van der Waals surface area contributed by atoms with Crippen LogP contribution in [-0.4, -0.2) is 49.9 Å². The molecule has 31 heavy (non-hydrogen) atoms. The molecule has 3 aromatic heterocycles. The Morgan fingerprint density at radius 2 is 1.97 bits per heavy atom. The van der Waals surface area contributed by atoms with Gasteiger partial charge in [0.1, 0.15) is 11.4 Å². The molecule has 4 heterocycles. The molecule has 5 rings (SSSR count). The van der Waals surface area contributed by atoms with E-state index in [9.17, 15) is 4.79 Å². The molecule has 1 unspecified atom stereocenters. The van der Waals surface area contributed by atoms with Gasteiger partial charge in [-0.05, 0) is 61.9 Å². The lowest BCUT2D eigenvalue weighted by molar-refractivity contribution is 0.0561. The Bertz CT molecular complexity index is 1060. The van der Waals surface area contributed by atoms with Gasteiger partial charge < -0.3 is 9.64 Å².